The van der Waals surface area contributed by atoms with Crippen LogP contribution in [0.3, 0.4) is 0 Å². The van der Waals surface area contributed by atoms with Crippen LogP contribution in [-0.4, -0.2) is 15.3 Å². The van der Waals surface area contributed by atoms with E-state index in [-0.39, 0.29) is 5.56 Å². The van der Waals surface area contributed by atoms with Gasteiger partial charge in [-0.25, -0.2) is 13.2 Å². The van der Waals surface area contributed by atoms with Crippen molar-refractivity contribution in [2.75, 3.05) is 5.73 Å². The number of halogens is 4. The fourth-order valence-corrected chi connectivity index (χ4v) is 2.83. The smallest absolute Gasteiger partial charge is 0.334 e. The Kier molecular flexibility index (Phi) is 6.23. The summed E-state index contributed by atoms with van der Waals surface area (Å²) in [5, 5.41) is 10.8. The van der Waals surface area contributed by atoms with E-state index in [1.165, 1.54) is 6.07 Å². The molecule has 0 fully saturated rings. The van der Waals surface area contributed by atoms with Crippen molar-refractivity contribution in [2.24, 2.45) is 0 Å². The Hall–Kier alpha value is -4.22. The number of anilines is 1. The molecule has 2 aromatic carbocycles. The first kappa shape index (κ1) is 22.5. The van der Waals surface area contributed by atoms with Crippen LogP contribution in [0, 0.1) is 33.4 Å². The summed E-state index contributed by atoms with van der Waals surface area (Å²) in [5.41, 5.74) is 3.25. The van der Waals surface area contributed by atoms with Crippen molar-refractivity contribution < 1.29 is 32.0 Å². The number of ketones is 1. The number of hydrogen-bond donors (Lipinski definition) is 1. The fraction of sp³-hybridized carbons (Fsp3) is 0.100. The SMILES string of the molecule is Nc1c(CC(=O)Cn2cccc([N+](=O)[O-])c2=O)cc(F)c(F)c1Oc1ccc(F)cc1F. The first-order valence-electron chi connectivity index (χ1n) is 8.83. The predicted octanol–water partition coefficient (Wildman–Crippen LogP) is 3.50. The van der Waals surface area contributed by atoms with Crippen LogP contribution in [0.5, 0.6) is 11.5 Å². The number of hydrogen-bond acceptors (Lipinski definition) is 6. The lowest BCUT2D eigenvalue weighted by Gasteiger charge is -2.14. The highest BCUT2D eigenvalue weighted by atomic mass is 19.2. The highest BCUT2D eigenvalue weighted by Crippen LogP contribution is 2.36. The quantitative estimate of drug-likeness (QED) is 0.254. The zero-order chi connectivity index (χ0) is 23.6. The molecule has 0 radical (unpaired) electrons. The van der Waals surface area contributed by atoms with Crippen molar-refractivity contribution in [3.63, 3.8) is 0 Å². The number of carbonyl (C=O) groups is 1. The molecule has 8 nitrogen and oxygen atoms in total. The molecular formula is C20H13F4N3O5. The Morgan fingerprint density at radius 1 is 1.12 bits per heavy atom. The van der Waals surface area contributed by atoms with Gasteiger partial charge >= 0.3 is 11.2 Å². The van der Waals surface area contributed by atoms with E-state index in [2.05, 4.69) is 0 Å². The molecule has 2 N–H and O–H groups in total. The summed E-state index contributed by atoms with van der Waals surface area (Å²) in [5.74, 6) is -7.40. The lowest BCUT2D eigenvalue weighted by atomic mass is 10.1. The average Bonchev–Trinajstić information content (AvgIpc) is 2.72. The topological polar surface area (TPSA) is 117 Å². The molecule has 1 aromatic heterocycles. The third kappa shape index (κ3) is 4.58. The summed E-state index contributed by atoms with van der Waals surface area (Å²) >= 11 is 0. The second kappa shape index (κ2) is 8.88. The van der Waals surface area contributed by atoms with E-state index in [9.17, 15) is 37.3 Å². The standard InChI is InChI=1S/C20H13F4N3O5/c21-11-3-4-16(13(22)8-11)32-19-17(24)14(23)7-10(18(19)25)6-12(28)9-26-5-1-2-15(20(26)29)27(30)31/h1-5,7-8H,6,9,25H2. The molecule has 1 heterocycles. The van der Waals surface area contributed by atoms with Gasteiger partial charge in [0.2, 0.25) is 5.82 Å². The highest BCUT2D eigenvalue weighted by molar-refractivity contribution is 5.83. The molecule has 3 aromatic rings. The summed E-state index contributed by atoms with van der Waals surface area (Å²) in [6.07, 6.45) is 0.550. The molecule has 0 aliphatic heterocycles. The van der Waals surface area contributed by atoms with Crippen LogP contribution in [0.1, 0.15) is 5.56 Å². The van der Waals surface area contributed by atoms with Gasteiger partial charge in [-0.3, -0.25) is 19.7 Å². The summed E-state index contributed by atoms with van der Waals surface area (Å²) in [7, 11) is 0. The molecule has 0 aliphatic carbocycles. The van der Waals surface area contributed by atoms with Crippen molar-refractivity contribution in [3.8, 4) is 11.5 Å². The average molecular weight is 451 g/mol. The molecule has 0 aliphatic rings. The lowest BCUT2D eigenvalue weighted by molar-refractivity contribution is -0.386. The number of rotatable bonds is 7. The van der Waals surface area contributed by atoms with E-state index < -0.39 is 75.4 Å². The maximum atomic E-state index is 14.2. The molecule has 166 valence electrons. The van der Waals surface area contributed by atoms with Gasteiger partial charge in [0, 0.05) is 24.8 Å². The Balaban J connectivity index is 1.89. The van der Waals surface area contributed by atoms with Gasteiger partial charge in [-0.05, 0) is 29.8 Å². The number of benzene rings is 2. The maximum absolute atomic E-state index is 14.2. The first-order chi connectivity index (χ1) is 15.1. The second-order valence-electron chi connectivity index (χ2n) is 6.55. The third-order valence-corrected chi connectivity index (χ3v) is 4.34. The first-order valence-corrected chi connectivity index (χ1v) is 8.83. The van der Waals surface area contributed by atoms with Gasteiger partial charge < -0.3 is 15.0 Å². The molecule has 0 saturated heterocycles. The van der Waals surface area contributed by atoms with Gasteiger partial charge in [-0.1, -0.05) is 0 Å². The maximum Gasteiger partial charge on any atom is 0.334 e. The summed E-state index contributed by atoms with van der Waals surface area (Å²) in [6, 6.07) is 4.93. The van der Waals surface area contributed by atoms with Crippen LogP contribution in [0.25, 0.3) is 0 Å². The van der Waals surface area contributed by atoms with E-state index in [0.717, 1.165) is 29.0 Å². The minimum atomic E-state index is -1.56. The number of aromatic nitrogens is 1. The zero-order valence-corrected chi connectivity index (χ0v) is 16.0. The molecule has 0 bridgehead atoms. The number of Topliss-reactive ketones (excluding diaryl/α,β-unsaturated/α-hetero) is 1. The number of nitrogen functional groups attached to an aromatic ring is 1. The number of nitrogens with two attached hydrogens (primary N) is 1. The van der Waals surface area contributed by atoms with Crippen molar-refractivity contribution in [2.45, 2.75) is 13.0 Å². The molecular weight excluding hydrogens is 438 g/mol. The van der Waals surface area contributed by atoms with E-state index in [1.54, 1.807) is 0 Å². The summed E-state index contributed by atoms with van der Waals surface area (Å²) in [4.78, 5) is 34.4. The normalized spacial score (nSPS) is 10.8. The number of nitrogens with zero attached hydrogens (tertiary/aromatic N) is 2. The van der Waals surface area contributed by atoms with Gasteiger partial charge in [0.15, 0.2) is 28.9 Å². The van der Waals surface area contributed by atoms with Gasteiger partial charge in [0.25, 0.3) is 0 Å². The van der Waals surface area contributed by atoms with Crippen LogP contribution in [0.4, 0.5) is 28.9 Å². The summed E-state index contributed by atoms with van der Waals surface area (Å²) < 4.78 is 60.9. The minimum Gasteiger partial charge on any atom is -0.449 e. The van der Waals surface area contributed by atoms with E-state index in [0.29, 0.717) is 12.1 Å². The van der Waals surface area contributed by atoms with Crippen LogP contribution < -0.4 is 16.0 Å². The fourth-order valence-electron chi connectivity index (χ4n) is 2.83. The lowest BCUT2D eigenvalue weighted by Crippen LogP contribution is -2.26. The molecule has 0 atom stereocenters. The monoisotopic (exact) mass is 451 g/mol. The van der Waals surface area contributed by atoms with Crippen molar-refractivity contribution in [3.05, 3.63) is 91.9 Å². The Bertz CT molecular complexity index is 1290. The van der Waals surface area contributed by atoms with Crippen LogP contribution >= 0.6 is 0 Å². The van der Waals surface area contributed by atoms with Gasteiger partial charge in [0.05, 0.1) is 17.2 Å². The Morgan fingerprint density at radius 2 is 1.84 bits per heavy atom. The number of ether oxygens (including phenoxy) is 1. The number of nitro groups is 1. The van der Waals surface area contributed by atoms with Crippen molar-refractivity contribution >= 4 is 17.2 Å². The van der Waals surface area contributed by atoms with E-state index in [1.807, 2.05) is 0 Å². The third-order valence-electron chi connectivity index (χ3n) is 4.34. The minimum absolute atomic E-state index is 0.232. The zero-order valence-electron chi connectivity index (χ0n) is 16.0. The molecule has 0 saturated carbocycles. The van der Waals surface area contributed by atoms with Crippen molar-refractivity contribution in [1.82, 2.24) is 4.57 Å². The predicted molar refractivity (Wildman–Crippen MR) is 103 cm³/mol. The Morgan fingerprint density at radius 3 is 2.50 bits per heavy atom. The Labute approximate surface area is 176 Å². The summed E-state index contributed by atoms with van der Waals surface area (Å²) in [6.45, 7) is -0.609. The molecule has 32 heavy (non-hydrogen) atoms. The van der Waals surface area contributed by atoms with E-state index >= 15 is 0 Å². The molecule has 0 spiro atoms. The molecule has 12 heteroatoms. The molecule has 3 rings (SSSR count). The van der Waals surface area contributed by atoms with Gasteiger partial charge in [-0.2, -0.15) is 4.39 Å². The van der Waals surface area contributed by atoms with Crippen LogP contribution in [-0.2, 0) is 17.8 Å². The van der Waals surface area contributed by atoms with Crippen LogP contribution in [0.2, 0.25) is 0 Å². The highest BCUT2D eigenvalue weighted by Gasteiger charge is 2.22. The largest absolute Gasteiger partial charge is 0.449 e. The van der Waals surface area contributed by atoms with Crippen molar-refractivity contribution in [1.29, 1.82) is 0 Å². The second-order valence-corrected chi connectivity index (χ2v) is 6.55. The number of carbonyl (C=O) groups excluding carboxylic acids is 1. The van der Waals surface area contributed by atoms with Gasteiger partial charge in [-0.15, -0.1) is 0 Å². The van der Waals surface area contributed by atoms with Gasteiger partial charge in [0.1, 0.15) is 5.82 Å². The van der Waals surface area contributed by atoms with E-state index in [4.69, 9.17) is 10.5 Å². The molecule has 0 amide bonds. The molecule has 0 unspecified atom stereocenters. The number of pyridine rings is 1. The van der Waals surface area contributed by atoms with Crippen LogP contribution in [0.15, 0.2) is 47.4 Å².